The number of pyridine rings is 3. The number of aromatic nitrogens is 5. The van der Waals surface area contributed by atoms with Gasteiger partial charge in [0.1, 0.15) is 17.8 Å². The number of nitrogens with one attached hydrogen (secondary N) is 3. The van der Waals surface area contributed by atoms with Gasteiger partial charge in [-0.25, -0.2) is 23.9 Å². The van der Waals surface area contributed by atoms with E-state index in [1.165, 1.54) is 0 Å². The molecule has 1 aliphatic rings. The minimum absolute atomic E-state index is 0.0640. The molecule has 0 saturated heterocycles. The highest BCUT2D eigenvalue weighted by Gasteiger charge is 2.43. The summed E-state index contributed by atoms with van der Waals surface area (Å²) in [7, 11) is 1.77. The van der Waals surface area contributed by atoms with Crippen molar-refractivity contribution in [2.45, 2.75) is 45.6 Å². The van der Waals surface area contributed by atoms with Crippen LogP contribution in [0.5, 0.6) is 0 Å². The number of nitrogens with zero attached hydrogens (tertiary/aromatic N) is 5. The molecule has 1 fully saturated rings. The maximum Gasteiger partial charge on any atom is 0.231 e. The average molecular weight is 493 g/mol. The summed E-state index contributed by atoms with van der Waals surface area (Å²) in [6.07, 6.45) is 4.61. The molecule has 0 unspecified atom stereocenters. The van der Waals surface area contributed by atoms with Crippen LogP contribution < -0.4 is 16.0 Å². The molecule has 1 aliphatic carbocycles. The minimum Gasteiger partial charge on any atom is -0.381 e. The maximum absolute atomic E-state index is 13.3. The molecule has 4 aromatic rings. The Balaban J connectivity index is 1.45. The van der Waals surface area contributed by atoms with Gasteiger partial charge in [0, 0.05) is 42.3 Å². The molecule has 1 amide bonds. The van der Waals surface area contributed by atoms with Crippen LogP contribution in [0.1, 0.15) is 27.2 Å². The molecule has 5 rings (SSSR count). The van der Waals surface area contributed by atoms with Gasteiger partial charge in [0.2, 0.25) is 5.91 Å². The number of ether oxygens (including phenoxy) is 1. The molecule has 36 heavy (non-hydrogen) atoms. The molecule has 0 spiro atoms. The zero-order valence-electron chi connectivity index (χ0n) is 20.6. The lowest BCUT2D eigenvalue weighted by molar-refractivity contribution is -0.117. The molecular formula is C25H29FN8O2. The van der Waals surface area contributed by atoms with Crippen LogP contribution in [-0.2, 0) is 9.53 Å². The topological polar surface area (TPSA) is 118 Å². The van der Waals surface area contributed by atoms with Crippen molar-refractivity contribution in [1.82, 2.24) is 24.6 Å². The molecule has 4 aromatic heterocycles. The number of hydrogen-bond acceptors (Lipinski definition) is 8. The molecule has 3 N–H and O–H groups in total. The third kappa shape index (κ3) is 4.92. The predicted molar refractivity (Wildman–Crippen MR) is 137 cm³/mol. The van der Waals surface area contributed by atoms with E-state index in [4.69, 9.17) is 4.74 Å². The van der Waals surface area contributed by atoms with E-state index < -0.39 is 12.1 Å². The van der Waals surface area contributed by atoms with Crippen molar-refractivity contribution in [1.29, 1.82) is 0 Å². The summed E-state index contributed by atoms with van der Waals surface area (Å²) < 4.78 is 20.8. The van der Waals surface area contributed by atoms with Gasteiger partial charge in [0.05, 0.1) is 30.0 Å². The number of halogens is 1. The van der Waals surface area contributed by atoms with E-state index in [0.717, 1.165) is 16.5 Å². The van der Waals surface area contributed by atoms with Crippen molar-refractivity contribution >= 4 is 39.6 Å². The third-order valence-corrected chi connectivity index (χ3v) is 5.98. The summed E-state index contributed by atoms with van der Waals surface area (Å²) in [5, 5.41) is 15.3. The number of fused-ring (bicyclic) bond motifs is 2. The fraction of sp³-hybridized carbons (Fsp3) is 0.400. The molecule has 3 atom stereocenters. The minimum atomic E-state index is -1.08. The molecule has 188 valence electrons. The number of rotatable bonds is 9. The number of anilines is 3. The van der Waals surface area contributed by atoms with Gasteiger partial charge in [-0.2, -0.15) is 0 Å². The van der Waals surface area contributed by atoms with E-state index in [9.17, 15) is 9.18 Å². The molecule has 0 aliphatic heterocycles. The van der Waals surface area contributed by atoms with Crippen LogP contribution >= 0.6 is 0 Å². The Hall–Kier alpha value is -3.86. The molecule has 0 aromatic carbocycles. The van der Waals surface area contributed by atoms with Crippen molar-refractivity contribution in [2.75, 3.05) is 29.5 Å². The van der Waals surface area contributed by atoms with Crippen LogP contribution in [0.2, 0.25) is 0 Å². The number of carbonyl (C=O) groups excluding carboxylic acids is 1. The lowest BCUT2D eigenvalue weighted by atomic mass is 10.1. The first-order valence-corrected chi connectivity index (χ1v) is 12.0. The van der Waals surface area contributed by atoms with E-state index in [-0.39, 0.29) is 24.5 Å². The highest BCUT2D eigenvalue weighted by Crippen LogP contribution is 2.35. The standard InChI is InChI=1S/C25H29FN8O2/c1-13(2)36-14(3)9-28-15-5-6-22-32-24(33-34(22)12-15)19-11-30-23(27-4)18-10-29-21(8-16(18)19)31-25(35)17-7-20(17)26/h5-6,8,10-14,17,20,28H,7,9H2,1-4H3,(H,27,30)(H,29,31,35)/t14-,17-,20+/m1/s1. The summed E-state index contributed by atoms with van der Waals surface area (Å²) in [6.45, 7) is 6.72. The van der Waals surface area contributed by atoms with Gasteiger partial charge >= 0.3 is 0 Å². The summed E-state index contributed by atoms with van der Waals surface area (Å²) in [5.41, 5.74) is 2.26. The largest absolute Gasteiger partial charge is 0.381 e. The van der Waals surface area contributed by atoms with Crippen molar-refractivity contribution in [3.63, 3.8) is 0 Å². The number of alkyl halides is 1. The lowest BCUT2D eigenvalue weighted by Gasteiger charge is -2.17. The van der Waals surface area contributed by atoms with Crippen LogP contribution in [0.25, 0.3) is 27.8 Å². The van der Waals surface area contributed by atoms with Gasteiger partial charge in [-0.3, -0.25) is 4.79 Å². The van der Waals surface area contributed by atoms with Gasteiger partial charge in [0.15, 0.2) is 11.5 Å². The monoisotopic (exact) mass is 492 g/mol. The van der Waals surface area contributed by atoms with Crippen LogP contribution in [-0.4, -0.2) is 62.4 Å². The molecule has 4 heterocycles. The molecular weight excluding hydrogens is 463 g/mol. The molecule has 11 heteroatoms. The van der Waals surface area contributed by atoms with Crippen LogP contribution in [0, 0.1) is 5.92 Å². The Bertz CT molecular complexity index is 1420. The zero-order valence-corrected chi connectivity index (χ0v) is 20.6. The third-order valence-electron chi connectivity index (χ3n) is 5.98. The van der Waals surface area contributed by atoms with Crippen molar-refractivity contribution in [3.8, 4) is 11.4 Å². The Morgan fingerprint density at radius 2 is 2.03 bits per heavy atom. The van der Waals surface area contributed by atoms with E-state index in [0.29, 0.717) is 35.2 Å². The van der Waals surface area contributed by atoms with Gasteiger partial charge in [0.25, 0.3) is 0 Å². The quantitative estimate of drug-likeness (QED) is 0.322. The number of amides is 1. The van der Waals surface area contributed by atoms with Crippen molar-refractivity contribution < 1.29 is 13.9 Å². The first kappa shape index (κ1) is 23.9. The van der Waals surface area contributed by atoms with E-state index >= 15 is 0 Å². The highest BCUT2D eigenvalue weighted by molar-refractivity contribution is 6.03. The van der Waals surface area contributed by atoms with E-state index in [1.54, 1.807) is 30.0 Å². The van der Waals surface area contributed by atoms with Gasteiger partial charge in [-0.05, 0) is 45.4 Å². The SMILES string of the molecule is CNc1ncc(-c2nc3ccc(NC[C@@H](C)OC(C)C)cn3n2)c2cc(NC(=O)[C@@H]3C[C@@H]3F)ncc12. The smallest absolute Gasteiger partial charge is 0.231 e. The normalized spacial score (nSPS) is 17.9. The Morgan fingerprint density at radius 3 is 2.75 bits per heavy atom. The first-order chi connectivity index (χ1) is 17.3. The Kier molecular flexibility index (Phi) is 6.40. The summed E-state index contributed by atoms with van der Waals surface area (Å²) >= 11 is 0. The summed E-state index contributed by atoms with van der Waals surface area (Å²) in [6, 6.07) is 5.58. The highest BCUT2D eigenvalue weighted by atomic mass is 19.1. The Morgan fingerprint density at radius 1 is 1.22 bits per heavy atom. The van der Waals surface area contributed by atoms with Crippen LogP contribution in [0.4, 0.5) is 21.7 Å². The zero-order chi connectivity index (χ0) is 25.4. The second-order valence-corrected chi connectivity index (χ2v) is 9.27. The predicted octanol–water partition coefficient (Wildman–Crippen LogP) is 3.90. The van der Waals surface area contributed by atoms with Crippen LogP contribution in [0.3, 0.4) is 0 Å². The summed E-state index contributed by atoms with van der Waals surface area (Å²) in [4.78, 5) is 25.8. The Labute approximate surface area is 207 Å². The van der Waals surface area contributed by atoms with Crippen molar-refractivity contribution in [2.24, 2.45) is 5.92 Å². The lowest BCUT2D eigenvalue weighted by Crippen LogP contribution is -2.23. The number of hydrogen-bond donors (Lipinski definition) is 3. The second-order valence-electron chi connectivity index (χ2n) is 9.27. The molecule has 1 saturated carbocycles. The first-order valence-electron chi connectivity index (χ1n) is 12.0. The molecule has 10 nitrogen and oxygen atoms in total. The summed E-state index contributed by atoms with van der Waals surface area (Å²) in [5.74, 6) is 0.499. The second kappa shape index (κ2) is 9.65. The fourth-order valence-electron chi connectivity index (χ4n) is 4.11. The molecule has 0 bridgehead atoms. The van der Waals surface area contributed by atoms with Crippen LogP contribution in [0.15, 0.2) is 36.8 Å². The van der Waals surface area contributed by atoms with E-state index in [1.807, 2.05) is 39.1 Å². The fourth-order valence-corrected chi connectivity index (χ4v) is 4.11. The molecule has 0 radical (unpaired) electrons. The maximum atomic E-state index is 13.3. The average Bonchev–Trinajstić information content (AvgIpc) is 3.44. The van der Waals surface area contributed by atoms with Gasteiger partial charge in [-0.15, -0.1) is 5.10 Å². The van der Waals surface area contributed by atoms with Gasteiger partial charge in [-0.1, -0.05) is 0 Å². The number of carbonyl (C=O) groups is 1. The van der Waals surface area contributed by atoms with Gasteiger partial charge < -0.3 is 20.7 Å². The van der Waals surface area contributed by atoms with E-state index in [2.05, 4.69) is 36.0 Å². The van der Waals surface area contributed by atoms with Crippen molar-refractivity contribution in [3.05, 3.63) is 36.8 Å².